The Morgan fingerprint density at radius 1 is 1.30 bits per heavy atom. The highest BCUT2D eigenvalue weighted by Gasteiger charge is 2.15. The predicted octanol–water partition coefficient (Wildman–Crippen LogP) is 2.45. The van der Waals surface area contributed by atoms with E-state index in [1.54, 1.807) is 29.5 Å². The van der Waals surface area contributed by atoms with Gasteiger partial charge in [0.15, 0.2) is 5.13 Å². The highest BCUT2D eigenvalue weighted by Crippen LogP contribution is 2.32. The van der Waals surface area contributed by atoms with E-state index in [-0.39, 0.29) is 0 Å². The number of rotatable bonds is 3. The molecular weight excluding hydrogens is 272 g/mol. The van der Waals surface area contributed by atoms with Gasteiger partial charge in [-0.1, -0.05) is 0 Å². The van der Waals surface area contributed by atoms with Crippen molar-refractivity contribution in [3.05, 3.63) is 34.3 Å². The number of nitrogen functional groups attached to an aromatic ring is 1. The predicted molar refractivity (Wildman–Crippen MR) is 81.4 cm³/mol. The van der Waals surface area contributed by atoms with Crippen LogP contribution >= 0.6 is 11.3 Å². The van der Waals surface area contributed by atoms with Crippen LogP contribution in [0, 0.1) is 0 Å². The van der Waals surface area contributed by atoms with Gasteiger partial charge < -0.3 is 16.8 Å². The maximum atomic E-state index is 11.1. The zero-order chi connectivity index (χ0) is 14.1. The number of hydrogen-bond acceptors (Lipinski definition) is 5. The van der Waals surface area contributed by atoms with Gasteiger partial charge in [-0.25, -0.2) is 4.98 Å². The number of benzene rings is 1. The van der Waals surface area contributed by atoms with E-state index in [2.05, 4.69) is 10.3 Å². The van der Waals surface area contributed by atoms with E-state index in [0.29, 0.717) is 11.3 Å². The largest absolute Gasteiger partial charge is 0.397 e. The Kier molecular flexibility index (Phi) is 3.31. The molecule has 6 heteroatoms. The topological polar surface area (TPSA) is 94.0 Å². The third-order valence-corrected chi connectivity index (χ3v) is 4.50. The first-order valence-corrected chi connectivity index (χ1v) is 7.40. The van der Waals surface area contributed by atoms with E-state index in [9.17, 15) is 4.79 Å². The first-order valence-electron chi connectivity index (χ1n) is 6.58. The summed E-state index contributed by atoms with van der Waals surface area (Å²) in [6.45, 7) is 0. The van der Waals surface area contributed by atoms with Gasteiger partial charge in [0.05, 0.1) is 17.1 Å². The van der Waals surface area contributed by atoms with E-state index >= 15 is 0 Å². The molecule has 1 aromatic carbocycles. The van der Waals surface area contributed by atoms with Gasteiger partial charge in [-0.2, -0.15) is 0 Å². The number of aromatic nitrogens is 1. The van der Waals surface area contributed by atoms with Crippen molar-refractivity contribution in [1.29, 1.82) is 0 Å². The first-order chi connectivity index (χ1) is 9.63. The number of fused-ring (bicyclic) bond motifs is 1. The van der Waals surface area contributed by atoms with Gasteiger partial charge >= 0.3 is 0 Å². The number of nitrogens with zero attached hydrogens (tertiary/aromatic N) is 1. The van der Waals surface area contributed by atoms with E-state index in [4.69, 9.17) is 11.5 Å². The summed E-state index contributed by atoms with van der Waals surface area (Å²) in [7, 11) is 0. The van der Waals surface area contributed by atoms with Crippen LogP contribution in [0.5, 0.6) is 0 Å². The van der Waals surface area contributed by atoms with Crippen molar-refractivity contribution >= 4 is 33.8 Å². The molecule has 0 fully saturated rings. The van der Waals surface area contributed by atoms with Gasteiger partial charge in [0.1, 0.15) is 0 Å². The lowest BCUT2D eigenvalue weighted by molar-refractivity contribution is 0.100. The van der Waals surface area contributed by atoms with Crippen molar-refractivity contribution in [2.75, 3.05) is 11.1 Å². The third-order valence-electron chi connectivity index (χ3n) is 3.42. The number of amides is 1. The van der Waals surface area contributed by atoms with Crippen molar-refractivity contribution in [2.45, 2.75) is 25.7 Å². The van der Waals surface area contributed by atoms with Gasteiger partial charge in [-0.05, 0) is 43.9 Å². The lowest BCUT2D eigenvalue weighted by Crippen LogP contribution is -2.11. The number of aryl methyl sites for hydroxylation is 2. The molecule has 1 aliphatic carbocycles. The average molecular weight is 288 g/mol. The average Bonchev–Trinajstić information content (AvgIpc) is 2.83. The monoisotopic (exact) mass is 288 g/mol. The summed E-state index contributed by atoms with van der Waals surface area (Å²) in [5.41, 5.74) is 14.0. The Hall–Kier alpha value is -2.08. The Bertz CT molecular complexity index is 642. The van der Waals surface area contributed by atoms with Crippen molar-refractivity contribution in [2.24, 2.45) is 5.73 Å². The number of nitrogens with one attached hydrogen (secondary N) is 1. The van der Waals surface area contributed by atoms with E-state index in [1.165, 1.54) is 23.4 Å². The molecule has 0 saturated carbocycles. The zero-order valence-corrected chi connectivity index (χ0v) is 11.8. The van der Waals surface area contributed by atoms with Crippen LogP contribution in [0.4, 0.5) is 16.5 Å². The molecule has 1 heterocycles. The quantitative estimate of drug-likeness (QED) is 0.756. The normalized spacial score (nSPS) is 13.8. The Balaban J connectivity index is 1.84. The minimum Gasteiger partial charge on any atom is -0.397 e. The van der Waals surface area contributed by atoms with Crippen LogP contribution in [0.2, 0.25) is 0 Å². The summed E-state index contributed by atoms with van der Waals surface area (Å²) in [6, 6.07) is 5.00. The molecule has 0 unspecified atom stereocenters. The first kappa shape index (κ1) is 12.9. The summed E-state index contributed by atoms with van der Waals surface area (Å²) in [5, 5.41) is 4.08. The number of thiazole rings is 1. The second-order valence-electron chi connectivity index (χ2n) is 4.89. The Morgan fingerprint density at radius 3 is 2.80 bits per heavy atom. The second-order valence-corrected chi connectivity index (χ2v) is 5.97. The summed E-state index contributed by atoms with van der Waals surface area (Å²) in [4.78, 5) is 17.1. The number of nitrogens with two attached hydrogens (primary N) is 2. The van der Waals surface area contributed by atoms with Crippen LogP contribution in [0.15, 0.2) is 18.2 Å². The van der Waals surface area contributed by atoms with Gasteiger partial charge in [-0.15, -0.1) is 11.3 Å². The minimum absolute atomic E-state index is 0.409. The summed E-state index contributed by atoms with van der Waals surface area (Å²) in [5.74, 6) is -0.479. The molecule has 0 atom stereocenters. The van der Waals surface area contributed by atoms with Gasteiger partial charge in [0.25, 0.3) is 0 Å². The summed E-state index contributed by atoms with van der Waals surface area (Å²) in [6.07, 6.45) is 4.63. The fourth-order valence-electron chi connectivity index (χ4n) is 2.35. The molecule has 0 radical (unpaired) electrons. The molecule has 0 saturated heterocycles. The fourth-order valence-corrected chi connectivity index (χ4v) is 3.41. The molecule has 3 rings (SSSR count). The third kappa shape index (κ3) is 2.46. The maximum Gasteiger partial charge on any atom is 0.248 e. The lowest BCUT2D eigenvalue weighted by atomic mass is 10.0. The van der Waals surface area contributed by atoms with E-state index < -0.39 is 5.91 Å². The highest BCUT2D eigenvalue weighted by molar-refractivity contribution is 7.15. The molecule has 1 aromatic heterocycles. The van der Waals surface area contributed by atoms with Crippen LogP contribution in [0.3, 0.4) is 0 Å². The number of carbonyl (C=O) groups excluding carboxylic acids is 1. The van der Waals surface area contributed by atoms with Crippen LogP contribution in [-0.4, -0.2) is 10.9 Å². The molecule has 20 heavy (non-hydrogen) atoms. The minimum atomic E-state index is -0.479. The molecule has 5 nitrogen and oxygen atoms in total. The number of hydrogen-bond donors (Lipinski definition) is 3. The summed E-state index contributed by atoms with van der Waals surface area (Å²) >= 11 is 1.68. The van der Waals surface area contributed by atoms with Crippen molar-refractivity contribution in [3.63, 3.8) is 0 Å². The highest BCUT2D eigenvalue weighted by atomic mass is 32.1. The molecule has 5 N–H and O–H groups in total. The summed E-state index contributed by atoms with van der Waals surface area (Å²) < 4.78 is 0. The fraction of sp³-hybridized carbons (Fsp3) is 0.286. The molecule has 1 amide bonds. The van der Waals surface area contributed by atoms with Crippen molar-refractivity contribution < 1.29 is 4.79 Å². The van der Waals surface area contributed by atoms with Crippen LogP contribution in [0.1, 0.15) is 33.8 Å². The molecule has 0 spiro atoms. The Labute approximate surface area is 121 Å². The SMILES string of the molecule is NC(=O)c1ccc(Nc2nc3c(s2)CCCC3)c(N)c1. The van der Waals surface area contributed by atoms with Crippen LogP contribution in [0.25, 0.3) is 0 Å². The van der Waals surface area contributed by atoms with Crippen molar-refractivity contribution in [3.8, 4) is 0 Å². The molecule has 0 bridgehead atoms. The lowest BCUT2D eigenvalue weighted by Gasteiger charge is -2.07. The number of primary amides is 1. The zero-order valence-electron chi connectivity index (χ0n) is 11.0. The second kappa shape index (κ2) is 5.13. The molecule has 2 aromatic rings. The van der Waals surface area contributed by atoms with Crippen LogP contribution < -0.4 is 16.8 Å². The van der Waals surface area contributed by atoms with Gasteiger partial charge in [-0.3, -0.25) is 4.79 Å². The molecule has 1 aliphatic rings. The van der Waals surface area contributed by atoms with E-state index in [1.807, 2.05) is 0 Å². The molecular formula is C14H16N4OS. The standard InChI is InChI=1S/C14H16N4OS/c15-9-7-8(13(16)19)5-6-10(9)17-14-18-11-3-1-2-4-12(11)20-14/h5-7H,1-4,15H2,(H2,16,19)(H,17,18). The van der Waals surface area contributed by atoms with Gasteiger partial charge in [0, 0.05) is 10.4 Å². The number of anilines is 3. The van der Waals surface area contributed by atoms with Gasteiger partial charge in [0.2, 0.25) is 5.91 Å². The molecule has 104 valence electrons. The number of carbonyl (C=O) groups is 1. The smallest absolute Gasteiger partial charge is 0.248 e. The van der Waals surface area contributed by atoms with Crippen molar-refractivity contribution in [1.82, 2.24) is 4.98 Å². The van der Waals surface area contributed by atoms with E-state index in [0.717, 1.165) is 23.7 Å². The maximum absolute atomic E-state index is 11.1. The Morgan fingerprint density at radius 2 is 2.10 bits per heavy atom. The van der Waals surface area contributed by atoms with Crippen LogP contribution in [-0.2, 0) is 12.8 Å². The molecule has 0 aliphatic heterocycles.